The van der Waals surface area contributed by atoms with Crippen molar-refractivity contribution < 1.29 is 26.7 Å². The van der Waals surface area contributed by atoms with Crippen LogP contribution in [0.15, 0.2) is 24.3 Å². The number of ether oxygens (including phenoxy) is 1. The van der Waals surface area contributed by atoms with E-state index in [9.17, 15) is 22.0 Å². The number of hydrogen-bond donors (Lipinski definition) is 1. The highest BCUT2D eigenvalue weighted by Crippen LogP contribution is 2.20. The van der Waals surface area contributed by atoms with Crippen molar-refractivity contribution >= 4 is 15.9 Å². The van der Waals surface area contributed by atoms with Gasteiger partial charge in [0.1, 0.15) is 5.75 Å². The molecular weight excluding hydrogens is 256 g/mol. The van der Waals surface area contributed by atoms with Crippen molar-refractivity contribution in [1.82, 2.24) is 4.72 Å². The summed E-state index contributed by atoms with van der Waals surface area (Å²) in [7, 11) is -3.76. The van der Waals surface area contributed by atoms with Gasteiger partial charge in [-0.1, -0.05) is 12.1 Å². The van der Waals surface area contributed by atoms with E-state index in [1.54, 1.807) is 4.72 Å². The molecule has 0 saturated carbocycles. The second-order valence-electron chi connectivity index (χ2n) is 3.08. The molecule has 94 valence electrons. The van der Waals surface area contributed by atoms with E-state index in [1.165, 1.54) is 18.2 Å². The summed E-state index contributed by atoms with van der Waals surface area (Å²) >= 11 is 0. The lowest BCUT2D eigenvalue weighted by Crippen LogP contribution is -2.29. The van der Waals surface area contributed by atoms with E-state index >= 15 is 0 Å². The fraction of sp³-hybridized carbons (Fsp3) is 0.222. The molecule has 1 rings (SSSR count). The maximum absolute atomic E-state index is 12.0. The summed E-state index contributed by atoms with van der Waals surface area (Å²) in [5.74, 6) is -1.41. The second kappa shape index (κ2) is 5.09. The summed E-state index contributed by atoms with van der Waals surface area (Å²) in [6.07, 6.45) is 0.779. The molecule has 0 saturated heterocycles. The minimum atomic E-state index is -3.76. The monoisotopic (exact) mass is 265 g/mol. The molecule has 0 spiro atoms. The van der Waals surface area contributed by atoms with Gasteiger partial charge in [0.25, 0.3) is 5.91 Å². The van der Waals surface area contributed by atoms with Crippen LogP contribution in [0.4, 0.5) is 8.78 Å². The van der Waals surface area contributed by atoms with Crippen molar-refractivity contribution in [2.75, 3.05) is 6.26 Å². The normalized spacial score (nSPS) is 11.3. The van der Waals surface area contributed by atoms with Crippen LogP contribution in [-0.2, 0) is 10.0 Å². The zero-order valence-corrected chi connectivity index (χ0v) is 9.50. The molecule has 0 aromatic heterocycles. The maximum atomic E-state index is 12.0. The van der Waals surface area contributed by atoms with E-state index in [0.717, 1.165) is 12.3 Å². The molecule has 0 aliphatic heterocycles. The van der Waals surface area contributed by atoms with Gasteiger partial charge in [0.15, 0.2) is 0 Å². The molecular formula is C9H9F2NO4S. The fourth-order valence-corrected chi connectivity index (χ4v) is 1.52. The first-order valence-corrected chi connectivity index (χ1v) is 6.24. The summed E-state index contributed by atoms with van der Waals surface area (Å²) in [4.78, 5) is 11.4. The minimum Gasteiger partial charge on any atom is -0.434 e. The Morgan fingerprint density at radius 2 is 1.94 bits per heavy atom. The highest BCUT2D eigenvalue weighted by Gasteiger charge is 2.17. The van der Waals surface area contributed by atoms with Gasteiger partial charge in [0.05, 0.1) is 11.8 Å². The number of sulfonamides is 1. The van der Waals surface area contributed by atoms with Crippen molar-refractivity contribution in [3.8, 4) is 5.75 Å². The van der Waals surface area contributed by atoms with Crippen LogP contribution < -0.4 is 9.46 Å². The number of carbonyl (C=O) groups excluding carboxylic acids is 1. The van der Waals surface area contributed by atoms with Gasteiger partial charge in [0, 0.05) is 0 Å². The summed E-state index contributed by atoms with van der Waals surface area (Å²) in [5, 5.41) is 0. The van der Waals surface area contributed by atoms with E-state index in [1.807, 2.05) is 0 Å². The molecule has 0 aliphatic rings. The Morgan fingerprint density at radius 1 is 1.35 bits per heavy atom. The zero-order valence-electron chi connectivity index (χ0n) is 8.68. The fourth-order valence-electron chi connectivity index (χ4n) is 1.08. The molecule has 1 amide bonds. The van der Waals surface area contributed by atoms with E-state index in [-0.39, 0.29) is 11.3 Å². The topological polar surface area (TPSA) is 72.5 Å². The lowest BCUT2D eigenvalue weighted by atomic mass is 10.2. The predicted molar refractivity (Wildman–Crippen MR) is 55.4 cm³/mol. The number of amides is 1. The summed E-state index contributed by atoms with van der Waals surface area (Å²) in [5.41, 5.74) is -0.279. The SMILES string of the molecule is CS(=O)(=O)NC(=O)c1ccccc1OC(F)F. The van der Waals surface area contributed by atoms with Crippen LogP contribution in [0.5, 0.6) is 5.75 Å². The third kappa shape index (κ3) is 4.35. The van der Waals surface area contributed by atoms with E-state index in [0.29, 0.717) is 0 Å². The van der Waals surface area contributed by atoms with Crippen molar-refractivity contribution in [2.24, 2.45) is 0 Å². The smallest absolute Gasteiger partial charge is 0.387 e. The Morgan fingerprint density at radius 3 is 2.47 bits per heavy atom. The van der Waals surface area contributed by atoms with Crippen molar-refractivity contribution in [1.29, 1.82) is 0 Å². The van der Waals surface area contributed by atoms with Gasteiger partial charge in [-0.3, -0.25) is 4.79 Å². The Hall–Kier alpha value is -1.70. The highest BCUT2D eigenvalue weighted by molar-refractivity contribution is 7.89. The predicted octanol–water partition coefficient (Wildman–Crippen LogP) is 0.977. The Balaban J connectivity index is 3.01. The van der Waals surface area contributed by atoms with E-state index in [4.69, 9.17) is 0 Å². The lowest BCUT2D eigenvalue weighted by molar-refractivity contribution is -0.0501. The van der Waals surface area contributed by atoms with Gasteiger partial charge in [-0.25, -0.2) is 13.1 Å². The molecule has 0 heterocycles. The molecule has 0 radical (unpaired) electrons. The largest absolute Gasteiger partial charge is 0.434 e. The average molecular weight is 265 g/mol. The van der Waals surface area contributed by atoms with Gasteiger partial charge in [-0.15, -0.1) is 0 Å². The van der Waals surface area contributed by atoms with Crippen LogP contribution in [-0.4, -0.2) is 27.2 Å². The highest BCUT2D eigenvalue weighted by atomic mass is 32.2. The molecule has 0 fully saturated rings. The molecule has 1 N–H and O–H groups in total. The first-order chi connectivity index (χ1) is 7.79. The molecule has 5 nitrogen and oxygen atoms in total. The van der Waals surface area contributed by atoms with Gasteiger partial charge in [0.2, 0.25) is 10.0 Å². The number of rotatable bonds is 4. The van der Waals surface area contributed by atoms with Crippen LogP contribution in [0, 0.1) is 0 Å². The van der Waals surface area contributed by atoms with Crippen LogP contribution in [0.1, 0.15) is 10.4 Å². The summed E-state index contributed by atoms with van der Waals surface area (Å²) < 4.78 is 51.5. The van der Waals surface area contributed by atoms with Crippen LogP contribution in [0.2, 0.25) is 0 Å². The molecule has 1 aromatic rings. The maximum Gasteiger partial charge on any atom is 0.387 e. The molecule has 17 heavy (non-hydrogen) atoms. The van der Waals surface area contributed by atoms with Crippen molar-refractivity contribution in [3.05, 3.63) is 29.8 Å². The molecule has 8 heteroatoms. The van der Waals surface area contributed by atoms with Crippen LogP contribution >= 0.6 is 0 Å². The van der Waals surface area contributed by atoms with E-state index < -0.39 is 22.5 Å². The standard InChI is InChI=1S/C9H9F2NO4S/c1-17(14,15)12-8(13)6-4-2-3-5-7(6)16-9(10)11/h2-5,9H,1H3,(H,12,13). The number of alkyl halides is 2. The zero-order chi connectivity index (χ0) is 13.1. The number of hydrogen-bond acceptors (Lipinski definition) is 4. The number of para-hydroxylation sites is 1. The summed E-state index contributed by atoms with van der Waals surface area (Å²) in [6.45, 7) is -3.10. The minimum absolute atomic E-state index is 0.279. The Labute approximate surface area is 96.4 Å². The Kier molecular flexibility index (Phi) is 4.00. The second-order valence-corrected chi connectivity index (χ2v) is 4.83. The van der Waals surface area contributed by atoms with Gasteiger partial charge < -0.3 is 4.74 Å². The molecule has 0 unspecified atom stereocenters. The van der Waals surface area contributed by atoms with Crippen molar-refractivity contribution in [3.63, 3.8) is 0 Å². The van der Waals surface area contributed by atoms with E-state index in [2.05, 4.69) is 4.74 Å². The van der Waals surface area contributed by atoms with Gasteiger partial charge in [-0.05, 0) is 12.1 Å². The first-order valence-electron chi connectivity index (χ1n) is 4.35. The lowest BCUT2D eigenvalue weighted by Gasteiger charge is -2.09. The first kappa shape index (κ1) is 13.4. The number of carbonyl (C=O) groups is 1. The number of benzene rings is 1. The third-order valence-electron chi connectivity index (χ3n) is 1.63. The summed E-state index contributed by atoms with van der Waals surface area (Å²) in [6, 6.07) is 5.10. The van der Waals surface area contributed by atoms with Gasteiger partial charge in [-0.2, -0.15) is 8.78 Å². The Bertz CT molecular complexity index is 515. The van der Waals surface area contributed by atoms with Crippen LogP contribution in [0.3, 0.4) is 0 Å². The molecule has 0 aliphatic carbocycles. The molecule has 0 bridgehead atoms. The number of halogens is 2. The quantitative estimate of drug-likeness (QED) is 0.880. The molecule has 0 atom stereocenters. The van der Waals surface area contributed by atoms with Crippen molar-refractivity contribution in [2.45, 2.75) is 6.61 Å². The third-order valence-corrected chi connectivity index (χ3v) is 2.18. The molecule has 1 aromatic carbocycles. The van der Waals surface area contributed by atoms with Crippen LogP contribution in [0.25, 0.3) is 0 Å². The average Bonchev–Trinajstić information content (AvgIpc) is 2.14. The number of nitrogens with one attached hydrogen (secondary N) is 1. The van der Waals surface area contributed by atoms with Gasteiger partial charge >= 0.3 is 6.61 Å².